The highest BCUT2D eigenvalue weighted by Crippen LogP contribution is 2.21. The number of hydrogen-bond acceptors (Lipinski definition) is 3. The highest BCUT2D eigenvalue weighted by Gasteiger charge is 2.07. The van der Waals surface area contributed by atoms with Crippen LogP contribution < -0.4 is 10.6 Å². The number of carbonyl (C=O) groups excluding carboxylic acids is 1. The molecule has 0 aliphatic carbocycles. The molecular weight excluding hydrogens is 307 g/mol. The van der Waals surface area contributed by atoms with Crippen molar-refractivity contribution in [3.63, 3.8) is 0 Å². The summed E-state index contributed by atoms with van der Waals surface area (Å²) in [5, 5.41) is 14.5. The van der Waals surface area contributed by atoms with E-state index in [4.69, 9.17) is 16.7 Å². The van der Waals surface area contributed by atoms with Gasteiger partial charge in [0.15, 0.2) is 0 Å². The fraction of sp³-hybridized carbons (Fsp3) is 0.188. The topological polar surface area (TPSA) is 61.4 Å². The summed E-state index contributed by atoms with van der Waals surface area (Å²) in [6.07, 6.45) is 0. The molecule has 0 saturated carbocycles. The molecule has 0 aliphatic rings. The van der Waals surface area contributed by atoms with Crippen molar-refractivity contribution in [1.82, 2.24) is 5.32 Å². The highest BCUT2D eigenvalue weighted by atomic mass is 35.5. The Morgan fingerprint density at radius 2 is 2.00 bits per heavy atom. The van der Waals surface area contributed by atoms with Crippen molar-refractivity contribution < 1.29 is 14.3 Å². The van der Waals surface area contributed by atoms with Crippen molar-refractivity contribution in [3.05, 3.63) is 64.4 Å². The molecule has 0 saturated heterocycles. The molecular formula is C16H16ClFN2O2. The molecule has 22 heavy (non-hydrogen) atoms. The van der Waals surface area contributed by atoms with E-state index in [0.29, 0.717) is 17.7 Å². The summed E-state index contributed by atoms with van der Waals surface area (Å²) < 4.78 is 13.4. The third-order valence-corrected chi connectivity index (χ3v) is 3.46. The van der Waals surface area contributed by atoms with Crippen LogP contribution in [-0.4, -0.2) is 24.2 Å². The van der Waals surface area contributed by atoms with E-state index in [2.05, 4.69) is 10.6 Å². The van der Waals surface area contributed by atoms with Crippen LogP contribution in [0.2, 0.25) is 5.02 Å². The Labute approximate surface area is 132 Å². The zero-order valence-corrected chi connectivity index (χ0v) is 12.5. The van der Waals surface area contributed by atoms with Gasteiger partial charge in [-0.1, -0.05) is 29.8 Å². The normalized spacial score (nSPS) is 10.3. The number of hydrogen-bond donors (Lipinski definition) is 3. The molecule has 0 bridgehead atoms. The molecule has 0 heterocycles. The number of amides is 1. The van der Waals surface area contributed by atoms with Crippen molar-refractivity contribution in [2.45, 2.75) is 6.54 Å². The third-order valence-electron chi connectivity index (χ3n) is 3.04. The number of rotatable bonds is 6. The molecule has 0 aliphatic heterocycles. The summed E-state index contributed by atoms with van der Waals surface area (Å²) in [5.41, 5.74) is 1.83. The number of carbonyl (C=O) groups is 1. The molecule has 2 aromatic carbocycles. The molecule has 6 heteroatoms. The van der Waals surface area contributed by atoms with Gasteiger partial charge in [0, 0.05) is 24.3 Å². The standard InChI is InChI=1S/C16H16ClFN2O2/c17-15-12(4-2-6-14(15)18)10-20-13-5-1-3-11(9-13)16(22)19-7-8-21/h1-6,9,20-21H,7-8,10H2,(H,19,22). The summed E-state index contributed by atoms with van der Waals surface area (Å²) in [4.78, 5) is 11.8. The maximum absolute atomic E-state index is 13.4. The van der Waals surface area contributed by atoms with Crippen LogP contribution in [-0.2, 0) is 6.54 Å². The van der Waals surface area contributed by atoms with Crippen molar-refractivity contribution in [2.24, 2.45) is 0 Å². The van der Waals surface area contributed by atoms with Crippen molar-refractivity contribution in [1.29, 1.82) is 0 Å². The number of anilines is 1. The quantitative estimate of drug-likeness (QED) is 0.766. The minimum absolute atomic E-state index is 0.0897. The lowest BCUT2D eigenvalue weighted by molar-refractivity contribution is 0.0945. The molecule has 0 unspecified atom stereocenters. The maximum Gasteiger partial charge on any atom is 0.251 e. The predicted octanol–water partition coefficient (Wildman–Crippen LogP) is 2.81. The van der Waals surface area contributed by atoms with Crippen LogP contribution >= 0.6 is 11.6 Å². The van der Waals surface area contributed by atoms with Gasteiger partial charge in [-0.2, -0.15) is 0 Å². The van der Waals surface area contributed by atoms with Gasteiger partial charge >= 0.3 is 0 Å². The average molecular weight is 323 g/mol. The van der Waals surface area contributed by atoms with Gasteiger partial charge in [-0.3, -0.25) is 4.79 Å². The SMILES string of the molecule is O=C(NCCO)c1cccc(NCc2cccc(F)c2Cl)c1. The molecule has 3 N–H and O–H groups in total. The molecule has 0 atom stereocenters. The van der Waals surface area contributed by atoms with E-state index in [1.807, 2.05) is 0 Å². The summed E-state index contributed by atoms with van der Waals surface area (Å²) in [7, 11) is 0. The van der Waals surface area contributed by atoms with Crippen LogP contribution in [0.25, 0.3) is 0 Å². The van der Waals surface area contributed by atoms with E-state index in [1.54, 1.807) is 36.4 Å². The first-order valence-corrected chi connectivity index (χ1v) is 7.15. The summed E-state index contributed by atoms with van der Waals surface area (Å²) in [5.74, 6) is -0.723. The Hall–Kier alpha value is -2.11. The zero-order chi connectivity index (χ0) is 15.9. The van der Waals surface area contributed by atoms with Crippen LogP contribution in [0.1, 0.15) is 15.9 Å². The lowest BCUT2D eigenvalue weighted by atomic mass is 10.1. The van der Waals surface area contributed by atoms with Gasteiger partial charge in [-0.15, -0.1) is 0 Å². The Kier molecular flexibility index (Phi) is 5.75. The van der Waals surface area contributed by atoms with E-state index in [-0.39, 0.29) is 24.1 Å². The molecule has 4 nitrogen and oxygen atoms in total. The van der Waals surface area contributed by atoms with Gasteiger partial charge in [0.1, 0.15) is 5.82 Å². The average Bonchev–Trinajstić information content (AvgIpc) is 2.54. The third kappa shape index (κ3) is 4.19. The van der Waals surface area contributed by atoms with Crippen LogP contribution in [0.3, 0.4) is 0 Å². The first-order chi connectivity index (χ1) is 10.6. The molecule has 0 spiro atoms. The zero-order valence-electron chi connectivity index (χ0n) is 11.8. The van der Waals surface area contributed by atoms with E-state index in [1.165, 1.54) is 6.07 Å². The van der Waals surface area contributed by atoms with Crippen LogP contribution in [0.15, 0.2) is 42.5 Å². The Morgan fingerprint density at radius 1 is 1.23 bits per heavy atom. The minimum Gasteiger partial charge on any atom is -0.395 e. The predicted molar refractivity (Wildman–Crippen MR) is 84.6 cm³/mol. The fourth-order valence-electron chi connectivity index (χ4n) is 1.92. The second-order valence-electron chi connectivity index (χ2n) is 4.63. The second-order valence-corrected chi connectivity index (χ2v) is 5.00. The van der Waals surface area contributed by atoms with Gasteiger partial charge in [-0.05, 0) is 29.8 Å². The second kappa shape index (κ2) is 7.77. The van der Waals surface area contributed by atoms with Gasteiger partial charge in [0.25, 0.3) is 5.91 Å². The summed E-state index contributed by atoms with van der Waals surface area (Å²) >= 11 is 5.90. The smallest absolute Gasteiger partial charge is 0.251 e. The number of aliphatic hydroxyl groups is 1. The van der Waals surface area contributed by atoms with Crippen LogP contribution in [0, 0.1) is 5.82 Å². The van der Waals surface area contributed by atoms with Crippen LogP contribution in [0.5, 0.6) is 0 Å². The van der Waals surface area contributed by atoms with Crippen molar-refractivity contribution in [2.75, 3.05) is 18.5 Å². The number of halogens is 2. The summed E-state index contributed by atoms with van der Waals surface area (Å²) in [6.45, 7) is 0.440. The van der Waals surface area contributed by atoms with Gasteiger partial charge < -0.3 is 15.7 Å². The Morgan fingerprint density at radius 3 is 2.77 bits per heavy atom. The number of benzene rings is 2. The summed E-state index contributed by atoms with van der Waals surface area (Å²) in [6, 6.07) is 11.5. The first-order valence-electron chi connectivity index (χ1n) is 6.77. The molecule has 0 fully saturated rings. The lowest BCUT2D eigenvalue weighted by Crippen LogP contribution is -2.26. The van der Waals surface area contributed by atoms with E-state index >= 15 is 0 Å². The van der Waals surface area contributed by atoms with Crippen molar-refractivity contribution in [3.8, 4) is 0 Å². The monoisotopic (exact) mass is 322 g/mol. The van der Waals surface area contributed by atoms with E-state index in [0.717, 1.165) is 5.69 Å². The molecule has 2 rings (SSSR count). The fourth-order valence-corrected chi connectivity index (χ4v) is 2.12. The Bertz CT molecular complexity index is 664. The number of aliphatic hydroxyl groups excluding tert-OH is 1. The molecule has 1 amide bonds. The van der Waals surface area contributed by atoms with E-state index < -0.39 is 5.82 Å². The molecule has 116 valence electrons. The minimum atomic E-state index is -0.460. The van der Waals surface area contributed by atoms with Crippen LogP contribution in [0.4, 0.5) is 10.1 Å². The Balaban J connectivity index is 2.04. The number of nitrogens with one attached hydrogen (secondary N) is 2. The lowest BCUT2D eigenvalue weighted by Gasteiger charge is -2.10. The van der Waals surface area contributed by atoms with E-state index in [9.17, 15) is 9.18 Å². The molecule has 2 aromatic rings. The van der Waals surface area contributed by atoms with Gasteiger partial charge in [0.05, 0.1) is 11.6 Å². The molecule has 0 radical (unpaired) electrons. The maximum atomic E-state index is 13.4. The largest absolute Gasteiger partial charge is 0.395 e. The van der Waals surface area contributed by atoms with Crippen molar-refractivity contribution >= 4 is 23.2 Å². The molecule has 0 aromatic heterocycles. The van der Waals surface area contributed by atoms with Gasteiger partial charge in [-0.25, -0.2) is 4.39 Å². The highest BCUT2D eigenvalue weighted by molar-refractivity contribution is 6.31. The first kappa shape index (κ1) is 16.3. The van der Waals surface area contributed by atoms with Gasteiger partial charge in [0.2, 0.25) is 0 Å².